The molecule has 21 heavy (non-hydrogen) atoms. The van der Waals surface area contributed by atoms with Crippen molar-refractivity contribution in [3.05, 3.63) is 34.9 Å². The van der Waals surface area contributed by atoms with E-state index >= 15 is 0 Å². The molecule has 0 radical (unpaired) electrons. The van der Waals surface area contributed by atoms with Gasteiger partial charge in [-0.15, -0.1) is 0 Å². The van der Waals surface area contributed by atoms with Gasteiger partial charge in [-0.25, -0.2) is 0 Å². The van der Waals surface area contributed by atoms with E-state index in [0.717, 1.165) is 26.2 Å². The molecule has 5 nitrogen and oxygen atoms in total. The summed E-state index contributed by atoms with van der Waals surface area (Å²) < 4.78 is 0. The molecular weight excluding hydrogens is 292 g/mol. The second kappa shape index (κ2) is 7.54. The standard InChI is InChI=1S/C15H19ClN2O3/c16-13-3-1-11(2-4-13)15(21)12(9-14(19)20)10-18-7-5-17-6-8-18/h1-4,12,17H,5-10H2,(H,19,20). The molecule has 0 amide bonds. The van der Waals surface area contributed by atoms with Gasteiger partial charge in [-0.1, -0.05) is 11.6 Å². The lowest BCUT2D eigenvalue weighted by Gasteiger charge is -2.30. The van der Waals surface area contributed by atoms with Crippen LogP contribution in [-0.2, 0) is 4.79 Å². The molecular formula is C15H19ClN2O3. The maximum atomic E-state index is 12.5. The highest BCUT2D eigenvalue weighted by molar-refractivity contribution is 6.30. The highest BCUT2D eigenvalue weighted by atomic mass is 35.5. The number of nitrogens with one attached hydrogen (secondary N) is 1. The summed E-state index contributed by atoms with van der Waals surface area (Å²) >= 11 is 5.82. The summed E-state index contributed by atoms with van der Waals surface area (Å²) in [5, 5.41) is 12.8. The van der Waals surface area contributed by atoms with Crippen molar-refractivity contribution in [1.29, 1.82) is 0 Å². The molecule has 0 bridgehead atoms. The Balaban J connectivity index is 2.08. The normalized spacial score (nSPS) is 17.4. The number of carbonyl (C=O) groups is 2. The summed E-state index contributed by atoms with van der Waals surface area (Å²) in [5.41, 5.74) is 0.515. The Hall–Kier alpha value is -1.43. The SMILES string of the molecule is O=C(O)CC(CN1CCNCC1)C(=O)c1ccc(Cl)cc1. The van der Waals surface area contributed by atoms with Gasteiger partial charge in [-0.2, -0.15) is 0 Å². The van der Waals surface area contributed by atoms with Crippen molar-refractivity contribution >= 4 is 23.4 Å². The Kier molecular flexibility index (Phi) is 5.73. The molecule has 1 fully saturated rings. The maximum absolute atomic E-state index is 12.5. The first-order valence-corrected chi connectivity index (χ1v) is 7.38. The van der Waals surface area contributed by atoms with Crippen molar-refractivity contribution in [2.75, 3.05) is 32.7 Å². The molecule has 2 N–H and O–H groups in total. The van der Waals surface area contributed by atoms with E-state index in [0.29, 0.717) is 17.1 Å². The monoisotopic (exact) mass is 310 g/mol. The van der Waals surface area contributed by atoms with Gasteiger partial charge in [0.1, 0.15) is 0 Å². The number of carboxylic acid groups (broad SMARTS) is 1. The predicted octanol–water partition coefficient (Wildman–Crippen LogP) is 1.52. The molecule has 0 spiro atoms. The number of benzene rings is 1. The maximum Gasteiger partial charge on any atom is 0.304 e. The highest BCUT2D eigenvalue weighted by Crippen LogP contribution is 2.17. The molecule has 0 aliphatic carbocycles. The summed E-state index contributed by atoms with van der Waals surface area (Å²) in [6, 6.07) is 6.60. The number of carboxylic acids is 1. The summed E-state index contributed by atoms with van der Waals surface area (Å²) in [4.78, 5) is 25.7. The van der Waals surface area contributed by atoms with Crippen LogP contribution in [0.1, 0.15) is 16.8 Å². The van der Waals surface area contributed by atoms with E-state index in [2.05, 4.69) is 10.2 Å². The Morgan fingerprint density at radius 2 is 1.86 bits per heavy atom. The Labute approximate surface area is 128 Å². The summed E-state index contributed by atoms with van der Waals surface area (Å²) in [7, 11) is 0. The number of rotatable bonds is 6. The number of nitrogens with zero attached hydrogens (tertiary/aromatic N) is 1. The third kappa shape index (κ3) is 4.81. The van der Waals surface area contributed by atoms with Gasteiger partial charge in [-0.3, -0.25) is 9.59 Å². The molecule has 114 valence electrons. The fraction of sp³-hybridized carbons (Fsp3) is 0.467. The minimum absolute atomic E-state index is 0.132. The Morgan fingerprint density at radius 1 is 1.24 bits per heavy atom. The van der Waals surface area contributed by atoms with E-state index in [-0.39, 0.29) is 12.2 Å². The average molecular weight is 311 g/mol. The van der Waals surface area contributed by atoms with Gasteiger partial charge in [0.05, 0.1) is 6.42 Å². The minimum atomic E-state index is -0.947. The first kappa shape index (κ1) is 15.9. The topological polar surface area (TPSA) is 69.6 Å². The summed E-state index contributed by atoms with van der Waals surface area (Å²) in [6.45, 7) is 3.90. The Morgan fingerprint density at radius 3 is 2.43 bits per heavy atom. The van der Waals surface area contributed by atoms with Crippen LogP contribution in [0.3, 0.4) is 0 Å². The van der Waals surface area contributed by atoms with E-state index < -0.39 is 11.9 Å². The number of piperazine rings is 1. The van der Waals surface area contributed by atoms with Crippen LogP contribution in [0.25, 0.3) is 0 Å². The van der Waals surface area contributed by atoms with Gasteiger partial charge in [0.15, 0.2) is 5.78 Å². The van der Waals surface area contributed by atoms with Crippen molar-refractivity contribution in [3.63, 3.8) is 0 Å². The summed E-state index contributed by atoms with van der Waals surface area (Å²) in [5.74, 6) is -1.60. The van der Waals surface area contributed by atoms with Crippen LogP contribution < -0.4 is 5.32 Å². The first-order valence-electron chi connectivity index (χ1n) is 7.01. The van der Waals surface area contributed by atoms with Crippen molar-refractivity contribution in [2.45, 2.75) is 6.42 Å². The van der Waals surface area contributed by atoms with Crippen molar-refractivity contribution in [1.82, 2.24) is 10.2 Å². The number of hydrogen-bond donors (Lipinski definition) is 2. The summed E-state index contributed by atoms with van der Waals surface area (Å²) in [6.07, 6.45) is -0.147. The van der Waals surface area contributed by atoms with Crippen molar-refractivity contribution < 1.29 is 14.7 Å². The van der Waals surface area contributed by atoms with Crippen molar-refractivity contribution in [2.24, 2.45) is 5.92 Å². The molecule has 0 saturated carbocycles. The van der Waals surface area contributed by atoms with Crippen LogP contribution in [0.5, 0.6) is 0 Å². The molecule has 1 aromatic carbocycles. The lowest BCUT2D eigenvalue weighted by atomic mass is 9.94. The zero-order valence-electron chi connectivity index (χ0n) is 11.7. The number of Topliss-reactive ketones (excluding diaryl/α,β-unsaturated/α-hetero) is 1. The molecule has 1 aromatic rings. The third-order valence-corrected chi connectivity index (χ3v) is 3.86. The minimum Gasteiger partial charge on any atom is -0.481 e. The van der Waals surface area contributed by atoms with E-state index in [1.165, 1.54) is 0 Å². The van der Waals surface area contributed by atoms with E-state index in [9.17, 15) is 9.59 Å². The largest absolute Gasteiger partial charge is 0.481 e. The van der Waals surface area contributed by atoms with Gasteiger partial charge >= 0.3 is 5.97 Å². The van der Waals surface area contributed by atoms with Gasteiger partial charge in [0, 0.05) is 49.2 Å². The number of carbonyl (C=O) groups excluding carboxylic acids is 1. The smallest absolute Gasteiger partial charge is 0.304 e. The van der Waals surface area contributed by atoms with Gasteiger partial charge in [0.25, 0.3) is 0 Å². The first-order chi connectivity index (χ1) is 10.1. The molecule has 1 aliphatic rings. The fourth-order valence-electron chi connectivity index (χ4n) is 2.51. The zero-order chi connectivity index (χ0) is 15.2. The number of aliphatic carboxylic acids is 1. The molecule has 1 saturated heterocycles. The molecule has 1 atom stereocenters. The molecule has 1 aliphatic heterocycles. The number of ketones is 1. The van der Waals surface area contributed by atoms with Crippen LogP contribution in [0, 0.1) is 5.92 Å². The molecule has 1 heterocycles. The molecule has 0 aromatic heterocycles. The molecule has 2 rings (SSSR count). The van der Waals surface area contributed by atoms with Gasteiger partial charge < -0.3 is 15.3 Å². The second-order valence-corrected chi connectivity index (χ2v) is 5.65. The van der Waals surface area contributed by atoms with Gasteiger partial charge in [-0.05, 0) is 24.3 Å². The quantitative estimate of drug-likeness (QED) is 0.780. The second-order valence-electron chi connectivity index (χ2n) is 5.22. The third-order valence-electron chi connectivity index (χ3n) is 3.61. The Bertz CT molecular complexity index is 498. The van der Waals surface area contributed by atoms with Gasteiger partial charge in [0.2, 0.25) is 0 Å². The van der Waals surface area contributed by atoms with Crippen LogP contribution >= 0.6 is 11.6 Å². The average Bonchev–Trinajstić information content (AvgIpc) is 2.47. The predicted molar refractivity (Wildman–Crippen MR) is 80.8 cm³/mol. The van der Waals surface area contributed by atoms with E-state index in [1.807, 2.05) is 0 Å². The molecule has 6 heteroatoms. The van der Waals surface area contributed by atoms with Crippen LogP contribution in [0.15, 0.2) is 24.3 Å². The van der Waals surface area contributed by atoms with Crippen molar-refractivity contribution in [3.8, 4) is 0 Å². The van der Waals surface area contributed by atoms with Crippen LogP contribution in [0.4, 0.5) is 0 Å². The van der Waals surface area contributed by atoms with E-state index in [1.54, 1.807) is 24.3 Å². The number of hydrogen-bond acceptors (Lipinski definition) is 4. The van der Waals surface area contributed by atoms with E-state index in [4.69, 9.17) is 16.7 Å². The zero-order valence-corrected chi connectivity index (χ0v) is 12.5. The molecule has 1 unspecified atom stereocenters. The highest BCUT2D eigenvalue weighted by Gasteiger charge is 2.26. The lowest BCUT2D eigenvalue weighted by molar-refractivity contribution is -0.137. The van der Waals surface area contributed by atoms with Crippen LogP contribution in [-0.4, -0.2) is 54.5 Å². The van der Waals surface area contributed by atoms with Crippen LogP contribution in [0.2, 0.25) is 5.02 Å². The lowest BCUT2D eigenvalue weighted by Crippen LogP contribution is -2.46. The fourth-order valence-corrected chi connectivity index (χ4v) is 2.63. The number of halogens is 1.